The first-order valence-corrected chi connectivity index (χ1v) is 8.67. The van der Waals surface area contributed by atoms with Gasteiger partial charge < -0.3 is 0 Å². The van der Waals surface area contributed by atoms with Crippen LogP contribution in [0.4, 0.5) is 26.3 Å². The van der Waals surface area contributed by atoms with E-state index in [1.807, 2.05) is 0 Å². The Morgan fingerprint density at radius 1 is 0.926 bits per heavy atom. The summed E-state index contributed by atoms with van der Waals surface area (Å²) >= 11 is 0. The van der Waals surface area contributed by atoms with Gasteiger partial charge in [-0.05, 0) is 34.7 Å². The molecule has 0 saturated carbocycles. The summed E-state index contributed by atoms with van der Waals surface area (Å²) in [6, 6.07) is 10.4. The largest absolute Gasteiger partial charge is 0.536 e. The zero-order valence-electron chi connectivity index (χ0n) is 13.1. The van der Waals surface area contributed by atoms with Gasteiger partial charge in [0.1, 0.15) is 0 Å². The van der Waals surface area contributed by atoms with Gasteiger partial charge in [-0.1, -0.05) is 41.6 Å². The van der Waals surface area contributed by atoms with Crippen molar-refractivity contribution >= 4 is 15.8 Å². The van der Waals surface area contributed by atoms with Crippen LogP contribution in [0.5, 0.6) is 0 Å². The first-order valence-electron chi connectivity index (χ1n) is 7.27. The summed E-state index contributed by atoms with van der Waals surface area (Å²) in [5, 5.41) is 2.27. The van der Waals surface area contributed by atoms with Gasteiger partial charge in [-0.15, -0.1) is 0 Å². The Kier molecular flexibility index (Phi) is 4.45. The molecule has 0 N–H and O–H groups in total. The summed E-state index contributed by atoms with van der Waals surface area (Å²) in [6.45, 7) is 0. The monoisotopic (exact) mass is 409 g/mol. The molecule has 1 aliphatic rings. The highest BCUT2D eigenvalue weighted by Gasteiger charge is 2.49. The van der Waals surface area contributed by atoms with Crippen molar-refractivity contribution in [1.82, 2.24) is 0 Å². The summed E-state index contributed by atoms with van der Waals surface area (Å²) in [7, 11) is -6.31. The summed E-state index contributed by atoms with van der Waals surface area (Å²) in [6.07, 6.45) is -4.75. The number of fused-ring (bicyclic) bond motifs is 3. The predicted octanol–water partition coefficient (Wildman–Crippen LogP) is 4.39. The first-order chi connectivity index (χ1) is 12.4. The third-order valence-corrected chi connectivity index (χ3v) is 4.69. The van der Waals surface area contributed by atoms with Crippen LogP contribution in [0, 0.1) is 0 Å². The Balaban J connectivity index is 2.06. The van der Waals surface area contributed by atoms with Gasteiger partial charge in [-0.2, -0.15) is 34.8 Å². The van der Waals surface area contributed by atoms with Crippen LogP contribution in [0.25, 0.3) is 11.1 Å². The quantitative estimate of drug-likeness (QED) is 0.279. The fourth-order valence-corrected chi connectivity index (χ4v) is 2.92. The van der Waals surface area contributed by atoms with E-state index < -0.39 is 33.1 Å². The van der Waals surface area contributed by atoms with E-state index in [9.17, 15) is 34.8 Å². The Labute approximate surface area is 149 Å². The maximum absolute atomic E-state index is 13.2. The SMILES string of the molecule is O=S(=O)(ON=C(c1ccc2c(c1)-c1ccccc1C2)C(F)(F)F)C(F)(F)F. The van der Waals surface area contributed by atoms with Gasteiger partial charge in [0.2, 0.25) is 0 Å². The highest BCUT2D eigenvalue weighted by molar-refractivity contribution is 7.87. The number of benzene rings is 2. The lowest BCUT2D eigenvalue weighted by Gasteiger charge is -2.12. The summed E-state index contributed by atoms with van der Waals surface area (Å²) in [4.78, 5) is 0. The molecule has 2 aromatic carbocycles. The molecule has 0 aliphatic heterocycles. The number of hydrogen-bond acceptors (Lipinski definition) is 4. The molecule has 0 amide bonds. The van der Waals surface area contributed by atoms with Crippen LogP contribution < -0.4 is 0 Å². The standard InChI is InChI=1S/C16H9F6NO3S/c17-15(18,19)14(23-26-27(24,25)16(20,21)22)11-6-5-10-7-9-3-1-2-4-12(9)13(10)8-11/h1-6,8H,7H2. The molecule has 0 bridgehead atoms. The van der Waals surface area contributed by atoms with Gasteiger partial charge >= 0.3 is 21.8 Å². The van der Waals surface area contributed by atoms with Crippen LogP contribution in [-0.2, 0) is 20.8 Å². The molecule has 0 heterocycles. The van der Waals surface area contributed by atoms with E-state index in [0.29, 0.717) is 17.5 Å². The minimum Gasteiger partial charge on any atom is -0.261 e. The number of halogens is 6. The molecule has 2 aromatic rings. The molecule has 0 unspecified atom stereocenters. The van der Waals surface area contributed by atoms with Crippen molar-refractivity contribution in [1.29, 1.82) is 0 Å². The van der Waals surface area contributed by atoms with Crippen LogP contribution in [0.1, 0.15) is 16.7 Å². The summed E-state index contributed by atoms with van der Waals surface area (Å²) in [5.41, 5.74) is -5.66. The normalized spacial score (nSPS) is 14.7. The van der Waals surface area contributed by atoms with Crippen molar-refractivity contribution in [3.63, 3.8) is 0 Å². The van der Waals surface area contributed by atoms with Crippen LogP contribution in [0.3, 0.4) is 0 Å². The topological polar surface area (TPSA) is 55.7 Å². The van der Waals surface area contributed by atoms with E-state index in [1.165, 1.54) is 6.07 Å². The van der Waals surface area contributed by atoms with Crippen molar-refractivity contribution in [3.05, 3.63) is 59.2 Å². The van der Waals surface area contributed by atoms with E-state index >= 15 is 0 Å². The van der Waals surface area contributed by atoms with E-state index in [-0.39, 0.29) is 0 Å². The van der Waals surface area contributed by atoms with E-state index in [2.05, 4.69) is 9.44 Å². The van der Waals surface area contributed by atoms with Gasteiger partial charge in [-0.25, -0.2) is 0 Å². The van der Waals surface area contributed by atoms with Crippen LogP contribution >= 0.6 is 0 Å². The van der Waals surface area contributed by atoms with Crippen molar-refractivity contribution in [2.75, 3.05) is 0 Å². The van der Waals surface area contributed by atoms with Crippen molar-refractivity contribution in [3.8, 4) is 11.1 Å². The fourth-order valence-electron chi connectivity index (χ4n) is 2.67. The number of nitrogens with zero attached hydrogens (tertiary/aromatic N) is 1. The van der Waals surface area contributed by atoms with Gasteiger partial charge in [0.05, 0.1) is 0 Å². The number of rotatable bonds is 3. The molecule has 11 heteroatoms. The van der Waals surface area contributed by atoms with Crippen molar-refractivity contribution in [2.45, 2.75) is 18.1 Å². The third kappa shape index (κ3) is 3.64. The van der Waals surface area contributed by atoms with Crippen LogP contribution in [0.2, 0.25) is 0 Å². The minimum atomic E-state index is -6.31. The van der Waals surface area contributed by atoms with Crippen molar-refractivity contribution < 1.29 is 39.0 Å². The number of alkyl halides is 6. The van der Waals surface area contributed by atoms with Gasteiger partial charge in [-0.3, -0.25) is 4.28 Å². The van der Waals surface area contributed by atoms with Gasteiger partial charge in [0, 0.05) is 5.56 Å². The fraction of sp³-hybridized carbons (Fsp3) is 0.188. The van der Waals surface area contributed by atoms with E-state index in [1.54, 1.807) is 24.3 Å². The molecule has 4 nitrogen and oxygen atoms in total. The lowest BCUT2D eigenvalue weighted by molar-refractivity contribution is -0.0633. The molecule has 0 radical (unpaired) electrons. The number of hydrogen-bond donors (Lipinski definition) is 0. The molecule has 0 spiro atoms. The summed E-state index contributed by atoms with van der Waals surface area (Å²) < 4.78 is 101. The highest BCUT2D eigenvalue weighted by atomic mass is 32.2. The maximum atomic E-state index is 13.2. The molecule has 27 heavy (non-hydrogen) atoms. The first kappa shape index (κ1) is 19.2. The van der Waals surface area contributed by atoms with E-state index in [0.717, 1.165) is 23.3 Å². The average Bonchev–Trinajstić information content (AvgIpc) is 2.90. The average molecular weight is 409 g/mol. The molecular weight excluding hydrogens is 400 g/mol. The lowest BCUT2D eigenvalue weighted by Crippen LogP contribution is -2.28. The van der Waals surface area contributed by atoms with Crippen LogP contribution in [0.15, 0.2) is 47.6 Å². The molecule has 0 fully saturated rings. The zero-order chi connectivity index (χ0) is 20.0. The second kappa shape index (κ2) is 6.25. The van der Waals surface area contributed by atoms with Gasteiger partial charge in [0.15, 0.2) is 5.71 Å². The summed E-state index contributed by atoms with van der Waals surface area (Å²) in [5.74, 6) is 0. The highest BCUT2D eigenvalue weighted by Crippen LogP contribution is 2.38. The second-order valence-electron chi connectivity index (χ2n) is 5.62. The molecule has 144 valence electrons. The lowest BCUT2D eigenvalue weighted by atomic mass is 10.0. The minimum absolute atomic E-state index is 0.457. The van der Waals surface area contributed by atoms with Gasteiger partial charge in [0.25, 0.3) is 0 Å². The Morgan fingerprint density at radius 3 is 2.19 bits per heavy atom. The Bertz CT molecular complexity index is 1030. The smallest absolute Gasteiger partial charge is 0.261 e. The third-order valence-electron chi connectivity index (χ3n) is 3.85. The van der Waals surface area contributed by atoms with E-state index in [4.69, 9.17) is 0 Å². The molecule has 0 saturated heterocycles. The maximum Gasteiger partial charge on any atom is 0.536 e. The van der Waals surface area contributed by atoms with Crippen molar-refractivity contribution in [2.24, 2.45) is 5.16 Å². The zero-order valence-corrected chi connectivity index (χ0v) is 13.9. The predicted molar refractivity (Wildman–Crippen MR) is 83.3 cm³/mol. The molecule has 0 atom stereocenters. The number of oxime groups is 1. The Morgan fingerprint density at radius 2 is 1.56 bits per heavy atom. The van der Waals surface area contributed by atoms with Crippen LogP contribution in [-0.4, -0.2) is 25.8 Å². The Hall–Kier alpha value is -2.56. The molecule has 1 aliphatic carbocycles. The second-order valence-corrected chi connectivity index (χ2v) is 7.14. The molecule has 3 rings (SSSR count). The molecule has 0 aromatic heterocycles. The molecular formula is C16H9F6NO3S.